The van der Waals surface area contributed by atoms with Crippen LogP contribution in [0.2, 0.25) is 0 Å². The maximum absolute atomic E-state index is 11.8. The van der Waals surface area contributed by atoms with Crippen LogP contribution in [0.15, 0.2) is 18.2 Å². The van der Waals surface area contributed by atoms with Gasteiger partial charge in [0.1, 0.15) is 0 Å². The van der Waals surface area contributed by atoms with Crippen molar-refractivity contribution in [3.05, 3.63) is 23.8 Å². The fourth-order valence-corrected chi connectivity index (χ4v) is 2.14. The number of hydrogen-bond acceptors (Lipinski definition) is 4. The molecule has 0 unspecified atom stereocenters. The van der Waals surface area contributed by atoms with E-state index in [4.69, 9.17) is 14.2 Å². The van der Waals surface area contributed by atoms with E-state index in [-0.39, 0.29) is 11.4 Å². The minimum Gasteiger partial charge on any atom is -0.493 e. The first kappa shape index (κ1) is 19.1. The SMILES string of the molecule is COCCCNC(=O)NCC(C)(C)c1ccc(OC)c(OC)c1. The number of ether oxygens (including phenoxy) is 3. The maximum atomic E-state index is 11.8. The van der Waals surface area contributed by atoms with Gasteiger partial charge >= 0.3 is 6.03 Å². The first-order valence-electron chi connectivity index (χ1n) is 7.67. The lowest BCUT2D eigenvalue weighted by Gasteiger charge is -2.26. The van der Waals surface area contributed by atoms with Gasteiger partial charge in [-0.2, -0.15) is 0 Å². The Morgan fingerprint density at radius 2 is 1.78 bits per heavy atom. The average Bonchev–Trinajstić information content (AvgIpc) is 2.56. The van der Waals surface area contributed by atoms with Crippen LogP contribution in [0.4, 0.5) is 4.79 Å². The summed E-state index contributed by atoms with van der Waals surface area (Å²) in [4.78, 5) is 11.8. The third-order valence-electron chi connectivity index (χ3n) is 3.67. The van der Waals surface area contributed by atoms with Crippen molar-refractivity contribution in [2.45, 2.75) is 25.7 Å². The summed E-state index contributed by atoms with van der Waals surface area (Å²) >= 11 is 0. The molecular weight excluding hydrogens is 296 g/mol. The molecular formula is C17H28N2O4. The molecule has 0 aliphatic rings. The Labute approximate surface area is 138 Å². The van der Waals surface area contributed by atoms with Crippen molar-refractivity contribution < 1.29 is 19.0 Å². The molecule has 0 heterocycles. The molecule has 23 heavy (non-hydrogen) atoms. The minimum atomic E-state index is -0.233. The summed E-state index contributed by atoms with van der Waals surface area (Å²) in [6.45, 7) is 5.88. The zero-order chi connectivity index (χ0) is 17.3. The molecule has 0 saturated heterocycles. The second-order valence-corrected chi connectivity index (χ2v) is 5.91. The van der Waals surface area contributed by atoms with Crippen LogP contribution in [-0.2, 0) is 10.2 Å². The van der Waals surface area contributed by atoms with Crippen molar-refractivity contribution in [3.63, 3.8) is 0 Å². The number of carbonyl (C=O) groups excluding carboxylic acids is 1. The van der Waals surface area contributed by atoms with Gasteiger partial charge in [-0.15, -0.1) is 0 Å². The molecule has 0 fully saturated rings. The Kier molecular flexibility index (Phi) is 7.68. The number of amides is 2. The standard InChI is InChI=1S/C17H28N2O4/c1-17(2,12-19-16(20)18-9-6-10-21-3)13-7-8-14(22-4)15(11-13)23-5/h7-8,11H,6,9-10,12H2,1-5H3,(H2,18,19,20). The quantitative estimate of drug-likeness (QED) is 0.684. The fraction of sp³-hybridized carbons (Fsp3) is 0.588. The van der Waals surface area contributed by atoms with E-state index in [1.165, 1.54) is 0 Å². The number of methoxy groups -OCH3 is 3. The van der Waals surface area contributed by atoms with Gasteiger partial charge in [-0.05, 0) is 24.1 Å². The molecule has 6 nitrogen and oxygen atoms in total. The summed E-state index contributed by atoms with van der Waals surface area (Å²) < 4.78 is 15.5. The van der Waals surface area contributed by atoms with E-state index >= 15 is 0 Å². The fourth-order valence-electron chi connectivity index (χ4n) is 2.14. The smallest absolute Gasteiger partial charge is 0.314 e. The maximum Gasteiger partial charge on any atom is 0.314 e. The average molecular weight is 324 g/mol. The first-order valence-corrected chi connectivity index (χ1v) is 7.67. The van der Waals surface area contributed by atoms with E-state index in [0.717, 1.165) is 12.0 Å². The summed E-state index contributed by atoms with van der Waals surface area (Å²) in [6, 6.07) is 5.63. The Balaban J connectivity index is 2.59. The van der Waals surface area contributed by atoms with Gasteiger partial charge in [-0.1, -0.05) is 19.9 Å². The van der Waals surface area contributed by atoms with Crippen LogP contribution in [0.3, 0.4) is 0 Å². The molecule has 0 aromatic heterocycles. The zero-order valence-corrected chi connectivity index (χ0v) is 14.7. The van der Waals surface area contributed by atoms with Gasteiger partial charge in [-0.3, -0.25) is 0 Å². The van der Waals surface area contributed by atoms with Gasteiger partial charge in [0.05, 0.1) is 14.2 Å². The Morgan fingerprint density at radius 1 is 1.09 bits per heavy atom. The lowest BCUT2D eigenvalue weighted by atomic mass is 9.84. The summed E-state index contributed by atoms with van der Waals surface area (Å²) in [6.07, 6.45) is 0.795. The first-order chi connectivity index (χ1) is 10.9. The highest BCUT2D eigenvalue weighted by Gasteiger charge is 2.23. The van der Waals surface area contributed by atoms with E-state index < -0.39 is 0 Å². The molecule has 0 spiro atoms. The topological polar surface area (TPSA) is 68.8 Å². The Hall–Kier alpha value is -1.95. The summed E-state index contributed by atoms with van der Waals surface area (Å²) in [5.74, 6) is 1.37. The third kappa shape index (κ3) is 5.98. The van der Waals surface area contributed by atoms with Crippen molar-refractivity contribution >= 4 is 6.03 Å². The van der Waals surface area contributed by atoms with E-state index in [0.29, 0.717) is 31.2 Å². The molecule has 1 rings (SSSR count). The number of urea groups is 1. The van der Waals surface area contributed by atoms with Crippen LogP contribution in [0.5, 0.6) is 11.5 Å². The number of benzene rings is 1. The predicted octanol–water partition coefficient (Wildman–Crippen LogP) is 2.32. The van der Waals surface area contributed by atoms with Crippen molar-refractivity contribution in [2.24, 2.45) is 0 Å². The monoisotopic (exact) mass is 324 g/mol. The van der Waals surface area contributed by atoms with Crippen LogP contribution in [-0.4, -0.2) is 47.1 Å². The van der Waals surface area contributed by atoms with Crippen LogP contribution in [0.1, 0.15) is 25.8 Å². The highest BCUT2D eigenvalue weighted by molar-refractivity contribution is 5.73. The van der Waals surface area contributed by atoms with E-state index in [1.54, 1.807) is 21.3 Å². The molecule has 0 radical (unpaired) electrons. The van der Waals surface area contributed by atoms with Gasteiger partial charge in [0.15, 0.2) is 11.5 Å². The lowest BCUT2D eigenvalue weighted by molar-refractivity contribution is 0.193. The molecule has 0 bridgehead atoms. The lowest BCUT2D eigenvalue weighted by Crippen LogP contribution is -2.42. The second kappa shape index (κ2) is 9.25. The summed E-state index contributed by atoms with van der Waals surface area (Å²) in [5.41, 5.74) is 0.832. The Bertz CT molecular complexity index is 503. The van der Waals surface area contributed by atoms with Gasteiger partial charge < -0.3 is 24.8 Å². The molecule has 0 aliphatic carbocycles. The third-order valence-corrected chi connectivity index (χ3v) is 3.67. The molecule has 2 N–H and O–H groups in total. The van der Waals surface area contributed by atoms with E-state index in [1.807, 2.05) is 18.2 Å². The van der Waals surface area contributed by atoms with Gasteiger partial charge in [0.2, 0.25) is 0 Å². The molecule has 1 aromatic rings. The van der Waals surface area contributed by atoms with Crippen molar-refractivity contribution in [1.29, 1.82) is 0 Å². The molecule has 130 valence electrons. The highest BCUT2D eigenvalue weighted by atomic mass is 16.5. The molecule has 0 saturated carbocycles. The minimum absolute atomic E-state index is 0.172. The number of hydrogen-bond donors (Lipinski definition) is 2. The van der Waals surface area contributed by atoms with Crippen LogP contribution >= 0.6 is 0 Å². The normalized spacial score (nSPS) is 11.0. The number of rotatable bonds is 9. The van der Waals surface area contributed by atoms with Gasteiger partial charge in [0, 0.05) is 32.2 Å². The largest absolute Gasteiger partial charge is 0.493 e. The molecule has 0 atom stereocenters. The summed E-state index contributed by atoms with van der Waals surface area (Å²) in [7, 11) is 4.87. The van der Waals surface area contributed by atoms with Crippen LogP contribution < -0.4 is 20.1 Å². The van der Waals surface area contributed by atoms with Crippen molar-refractivity contribution in [3.8, 4) is 11.5 Å². The molecule has 0 aliphatic heterocycles. The van der Waals surface area contributed by atoms with E-state index in [2.05, 4.69) is 24.5 Å². The predicted molar refractivity (Wildman–Crippen MR) is 90.5 cm³/mol. The van der Waals surface area contributed by atoms with Gasteiger partial charge in [0.25, 0.3) is 0 Å². The second-order valence-electron chi connectivity index (χ2n) is 5.91. The number of carbonyl (C=O) groups is 1. The zero-order valence-electron chi connectivity index (χ0n) is 14.7. The van der Waals surface area contributed by atoms with Crippen LogP contribution in [0.25, 0.3) is 0 Å². The van der Waals surface area contributed by atoms with Crippen molar-refractivity contribution in [2.75, 3.05) is 41.0 Å². The highest BCUT2D eigenvalue weighted by Crippen LogP contribution is 2.32. The van der Waals surface area contributed by atoms with Crippen LogP contribution in [0, 0.1) is 0 Å². The number of nitrogens with one attached hydrogen (secondary N) is 2. The summed E-state index contributed by atoms with van der Waals surface area (Å²) in [5, 5.41) is 5.71. The van der Waals surface area contributed by atoms with E-state index in [9.17, 15) is 4.79 Å². The molecule has 6 heteroatoms. The van der Waals surface area contributed by atoms with Gasteiger partial charge in [-0.25, -0.2) is 4.79 Å². The molecule has 2 amide bonds. The Morgan fingerprint density at radius 3 is 2.39 bits per heavy atom. The molecule has 1 aromatic carbocycles. The van der Waals surface area contributed by atoms with Crippen molar-refractivity contribution in [1.82, 2.24) is 10.6 Å².